The van der Waals surface area contributed by atoms with E-state index in [4.69, 9.17) is 0 Å². The number of hydrogen-bond acceptors (Lipinski definition) is 4. The van der Waals surface area contributed by atoms with Gasteiger partial charge in [0.1, 0.15) is 6.42 Å². The zero-order valence-corrected chi connectivity index (χ0v) is 9.65. The van der Waals surface area contributed by atoms with E-state index < -0.39 is 24.2 Å². The predicted octanol–water partition coefficient (Wildman–Crippen LogP) is 0.815. The Kier molecular flexibility index (Phi) is 4.39. The molecule has 0 aliphatic heterocycles. The van der Waals surface area contributed by atoms with E-state index in [9.17, 15) is 14.4 Å². The summed E-state index contributed by atoms with van der Waals surface area (Å²) in [5, 5.41) is 2.10. The molecule has 0 aromatic heterocycles. The van der Waals surface area contributed by atoms with Crippen molar-refractivity contribution in [1.29, 1.82) is 0 Å². The summed E-state index contributed by atoms with van der Waals surface area (Å²) >= 11 is 0. The highest BCUT2D eigenvalue weighted by atomic mass is 16.5. The van der Waals surface area contributed by atoms with Crippen molar-refractivity contribution in [2.75, 3.05) is 7.11 Å². The number of ether oxygens (including phenoxy) is 1. The van der Waals surface area contributed by atoms with Gasteiger partial charge in [0.25, 0.3) is 5.91 Å². The van der Waals surface area contributed by atoms with Crippen molar-refractivity contribution < 1.29 is 19.1 Å². The fourth-order valence-corrected chi connectivity index (χ4v) is 1.15. The van der Waals surface area contributed by atoms with Gasteiger partial charge in [-0.1, -0.05) is 17.7 Å². The molecule has 5 heteroatoms. The van der Waals surface area contributed by atoms with Crippen molar-refractivity contribution in [2.24, 2.45) is 0 Å². The molecule has 0 bridgehead atoms. The van der Waals surface area contributed by atoms with Crippen LogP contribution in [-0.2, 0) is 14.3 Å². The minimum absolute atomic E-state index is 0.369. The third-order valence-electron chi connectivity index (χ3n) is 2.10. The molecule has 0 saturated carbocycles. The monoisotopic (exact) mass is 235 g/mol. The first-order chi connectivity index (χ1) is 8.02. The Balaban J connectivity index is 2.57. The first kappa shape index (κ1) is 12.9. The Bertz CT molecular complexity index is 436. The van der Waals surface area contributed by atoms with Gasteiger partial charge >= 0.3 is 5.97 Å². The number of benzene rings is 1. The molecule has 5 nitrogen and oxygen atoms in total. The number of aryl methyl sites for hydroxylation is 1. The summed E-state index contributed by atoms with van der Waals surface area (Å²) in [6.45, 7) is 1.89. The smallest absolute Gasteiger partial charge is 0.315 e. The summed E-state index contributed by atoms with van der Waals surface area (Å²) in [6, 6.07) is 6.74. The number of nitrogens with one attached hydrogen (secondary N) is 1. The molecule has 0 saturated heterocycles. The van der Waals surface area contributed by atoms with Gasteiger partial charge in [-0.25, -0.2) is 0 Å². The van der Waals surface area contributed by atoms with Gasteiger partial charge in [-0.05, 0) is 19.1 Å². The Hall–Kier alpha value is -2.17. The van der Waals surface area contributed by atoms with E-state index in [1.54, 1.807) is 24.3 Å². The third kappa shape index (κ3) is 4.06. The molecular formula is C12H13NO4. The Morgan fingerprint density at radius 2 is 1.76 bits per heavy atom. The van der Waals surface area contributed by atoms with Crippen molar-refractivity contribution in [2.45, 2.75) is 13.3 Å². The number of methoxy groups -OCH3 is 1. The number of imide groups is 1. The highest BCUT2D eigenvalue weighted by molar-refractivity contribution is 6.08. The third-order valence-corrected chi connectivity index (χ3v) is 2.10. The van der Waals surface area contributed by atoms with Gasteiger partial charge in [0.05, 0.1) is 7.11 Å². The lowest BCUT2D eigenvalue weighted by atomic mass is 10.1. The molecule has 1 rings (SSSR count). The van der Waals surface area contributed by atoms with Crippen LogP contribution < -0.4 is 5.32 Å². The van der Waals surface area contributed by atoms with Crippen molar-refractivity contribution in [3.63, 3.8) is 0 Å². The van der Waals surface area contributed by atoms with Crippen LogP contribution in [-0.4, -0.2) is 24.9 Å². The summed E-state index contributed by atoms with van der Waals surface area (Å²) in [4.78, 5) is 33.6. The molecule has 0 atom stereocenters. The lowest BCUT2D eigenvalue weighted by molar-refractivity contribution is -0.143. The van der Waals surface area contributed by atoms with Gasteiger partial charge < -0.3 is 4.74 Å². The zero-order valence-electron chi connectivity index (χ0n) is 9.65. The van der Waals surface area contributed by atoms with Crippen LogP contribution in [0.1, 0.15) is 22.3 Å². The van der Waals surface area contributed by atoms with E-state index >= 15 is 0 Å². The molecule has 1 N–H and O–H groups in total. The quantitative estimate of drug-likeness (QED) is 0.621. The molecule has 1 aromatic carbocycles. The summed E-state index contributed by atoms with van der Waals surface area (Å²) in [5.74, 6) is -1.89. The average Bonchev–Trinajstić information content (AvgIpc) is 2.29. The zero-order chi connectivity index (χ0) is 12.8. The van der Waals surface area contributed by atoms with E-state index in [2.05, 4.69) is 10.1 Å². The van der Waals surface area contributed by atoms with Crippen LogP contribution in [0.2, 0.25) is 0 Å². The van der Waals surface area contributed by atoms with E-state index in [0.29, 0.717) is 5.56 Å². The van der Waals surface area contributed by atoms with Gasteiger partial charge in [0.15, 0.2) is 0 Å². The standard InChI is InChI=1S/C12H13NO4/c1-8-3-5-9(6-4-8)12(16)13-10(14)7-11(15)17-2/h3-6H,7H2,1-2H3,(H,13,14,16). The lowest BCUT2D eigenvalue weighted by Crippen LogP contribution is -2.32. The Morgan fingerprint density at radius 1 is 1.18 bits per heavy atom. The molecule has 0 radical (unpaired) electrons. The Morgan fingerprint density at radius 3 is 2.29 bits per heavy atom. The summed E-state index contributed by atoms with van der Waals surface area (Å²) in [7, 11) is 1.18. The average molecular weight is 235 g/mol. The molecule has 0 fully saturated rings. The molecule has 0 heterocycles. The minimum atomic E-state index is -0.681. The number of carbonyl (C=O) groups excluding carboxylic acids is 3. The van der Waals surface area contributed by atoms with Crippen molar-refractivity contribution in [1.82, 2.24) is 5.32 Å². The minimum Gasteiger partial charge on any atom is -0.469 e. The fourth-order valence-electron chi connectivity index (χ4n) is 1.15. The second-order valence-electron chi connectivity index (χ2n) is 3.50. The molecule has 0 aliphatic rings. The Labute approximate surface area is 98.8 Å². The van der Waals surface area contributed by atoms with Crippen LogP contribution in [0.15, 0.2) is 24.3 Å². The van der Waals surface area contributed by atoms with Crippen LogP contribution >= 0.6 is 0 Å². The SMILES string of the molecule is COC(=O)CC(=O)NC(=O)c1ccc(C)cc1. The summed E-state index contributed by atoms with van der Waals surface area (Å²) < 4.78 is 4.31. The van der Waals surface area contributed by atoms with E-state index in [-0.39, 0.29) is 0 Å². The van der Waals surface area contributed by atoms with Gasteiger partial charge in [-0.3, -0.25) is 19.7 Å². The molecule has 0 spiro atoms. The maximum Gasteiger partial charge on any atom is 0.315 e. The van der Waals surface area contributed by atoms with Gasteiger partial charge in [-0.2, -0.15) is 0 Å². The fraction of sp³-hybridized carbons (Fsp3) is 0.250. The van der Waals surface area contributed by atoms with Crippen LogP contribution in [0.5, 0.6) is 0 Å². The summed E-state index contributed by atoms with van der Waals surface area (Å²) in [6.07, 6.45) is -0.464. The highest BCUT2D eigenvalue weighted by Crippen LogP contribution is 2.02. The van der Waals surface area contributed by atoms with Gasteiger partial charge in [-0.15, -0.1) is 0 Å². The van der Waals surface area contributed by atoms with Gasteiger partial charge in [0.2, 0.25) is 5.91 Å². The maximum absolute atomic E-state index is 11.6. The number of hydrogen-bond donors (Lipinski definition) is 1. The molecule has 90 valence electrons. The van der Waals surface area contributed by atoms with E-state index in [1.165, 1.54) is 7.11 Å². The first-order valence-corrected chi connectivity index (χ1v) is 5.00. The summed E-state index contributed by atoms with van der Waals surface area (Å²) in [5.41, 5.74) is 1.39. The van der Waals surface area contributed by atoms with Crippen LogP contribution in [0.25, 0.3) is 0 Å². The molecule has 0 unspecified atom stereocenters. The van der Waals surface area contributed by atoms with E-state index in [1.807, 2.05) is 6.92 Å². The number of carbonyl (C=O) groups is 3. The molecule has 17 heavy (non-hydrogen) atoms. The molecule has 2 amide bonds. The first-order valence-electron chi connectivity index (χ1n) is 5.00. The number of esters is 1. The molecule has 1 aromatic rings. The lowest BCUT2D eigenvalue weighted by Gasteiger charge is -2.03. The van der Waals surface area contributed by atoms with Crippen LogP contribution in [0.4, 0.5) is 0 Å². The molecular weight excluding hydrogens is 222 g/mol. The van der Waals surface area contributed by atoms with Crippen molar-refractivity contribution >= 4 is 17.8 Å². The van der Waals surface area contributed by atoms with E-state index in [0.717, 1.165) is 5.56 Å². The maximum atomic E-state index is 11.6. The molecule has 0 aliphatic carbocycles. The van der Waals surface area contributed by atoms with Crippen LogP contribution in [0.3, 0.4) is 0 Å². The topological polar surface area (TPSA) is 72.5 Å². The second-order valence-corrected chi connectivity index (χ2v) is 3.50. The number of amides is 2. The predicted molar refractivity (Wildman–Crippen MR) is 60.3 cm³/mol. The number of rotatable bonds is 3. The van der Waals surface area contributed by atoms with Gasteiger partial charge in [0, 0.05) is 5.56 Å². The second kappa shape index (κ2) is 5.79. The largest absolute Gasteiger partial charge is 0.469 e. The normalized spacial score (nSPS) is 9.53. The van der Waals surface area contributed by atoms with Crippen molar-refractivity contribution in [3.05, 3.63) is 35.4 Å². The highest BCUT2D eigenvalue weighted by Gasteiger charge is 2.13. The van der Waals surface area contributed by atoms with Crippen molar-refractivity contribution in [3.8, 4) is 0 Å². The van der Waals surface area contributed by atoms with Crippen LogP contribution in [0, 0.1) is 6.92 Å².